The lowest BCUT2D eigenvalue weighted by Crippen LogP contribution is -2.36. The van der Waals surface area contributed by atoms with E-state index in [4.69, 9.17) is 14.5 Å². The fourth-order valence-electron chi connectivity index (χ4n) is 2.85. The molecule has 0 saturated heterocycles. The molecule has 0 bridgehead atoms. The van der Waals surface area contributed by atoms with Crippen LogP contribution in [0.1, 0.15) is 48.5 Å². The number of aliphatic imine (C=N–C) groups is 1. The molecule has 0 amide bonds. The first kappa shape index (κ1) is 22.7. The highest BCUT2D eigenvalue weighted by atomic mass is 32.1. The van der Waals surface area contributed by atoms with Crippen LogP contribution in [0.25, 0.3) is 0 Å². The van der Waals surface area contributed by atoms with Crippen LogP contribution in [0.4, 0.5) is 0 Å². The lowest BCUT2D eigenvalue weighted by Gasteiger charge is -2.14. The second-order valence-corrected chi connectivity index (χ2v) is 7.80. The number of thiazole rings is 1. The summed E-state index contributed by atoms with van der Waals surface area (Å²) in [5.74, 6) is 2.65. The van der Waals surface area contributed by atoms with Gasteiger partial charge < -0.3 is 20.1 Å². The summed E-state index contributed by atoms with van der Waals surface area (Å²) < 4.78 is 11.0. The molecule has 0 aliphatic carbocycles. The highest BCUT2D eigenvalue weighted by Crippen LogP contribution is 2.33. The summed E-state index contributed by atoms with van der Waals surface area (Å²) in [5, 5.41) is 9.83. The standard InChI is InChI=1S/C22H32N4O2S/c1-7-9-17-10-16(11-19(27-5)21(17)28-6)12-24-22(23-8-2)25-13-20-26-18(14-29-20)15(3)4/h7,10-11,14-15H,1,8-9,12-13H2,2-6H3,(H2,23,24,25). The van der Waals surface area contributed by atoms with Crippen LogP contribution < -0.4 is 20.1 Å². The van der Waals surface area contributed by atoms with Crippen LogP contribution in [0.15, 0.2) is 35.2 Å². The molecule has 1 aromatic carbocycles. The summed E-state index contributed by atoms with van der Waals surface area (Å²) >= 11 is 1.67. The topological polar surface area (TPSA) is 67.8 Å². The molecule has 29 heavy (non-hydrogen) atoms. The molecule has 0 unspecified atom stereocenters. The molecule has 6 nitrogen and oxygen atoms in total. The normalized spacial score (nSPS) is 11.4. The number of methoxy groups -OCH3 is 2. The van der Waals surface area contributed by atoms with Crippen LogP contribution in [0, 0.1) is 0 Å². The summed E-state index contributed by atoms with van der Waals surface area (Å²) in [4.78, 5) is 9.39. The zero-order valence-electron chi connectivity index (χ0n) is 18.0. The van der Waals surface area contributed by atoms with Crippen LogP contribution in [0.3, 0.4) is 0 Å². The number of nitrogens with one attached hydrogen (secondary N) is 2. The van der Waals surface area contributed by atoms with Gasteiger partial charge in [-0.15, -0.1) is 17.9 Å². The number of guanidine groups is 1. The van der Waals surface area contributed by atoms with E-state index in [0.717, 1.165) is 40.1 Å². The molecule has 2 rings (SSSR count). The molecule has 7 heteroatoms. The summed E-state index contributed by atoms with van der Waals surface area (Å²) in [5.41, 5.74) is 3.22. The summed E-state index contributed by atoms with van der Waals surface area (Å²) in [6, 6.07) is 4.06. The van der Waals surface area contributed by atoms with E-state index in [9.17, 15) is 0 Å². The van der Waals surface area contributed by atoms with E-state index in [0.29, 0.717) is 31.2 Å². The van der Waals surface area contributed by atoms with Crippen molar-refractivity contribution in [3.8, 4) is 11.5 Å². The van der Waals surface area contributed by atoms with E-state index in [2.05, 4.69) is 54.4 Å². The maximum Gasteiger partial charge on any atom is 0.191 e. The van der Waals surface area contributed by atoms with Crippen molar-refractivity contribution < 1.29 is 9.47 Å². The molecular weight excluding hydrogens is 384 g/mol. The molecule has 0 aliphatic rings. The summed E-state index contributed by atoms with van der Waals surface area (Å²) in [7, 11) is 3.30. The third-order valence-corrected chi connectivity index (χ3v) is 5.18. The Labute approximate surface area is 178 Å². The number of ether oxygens (including phenoxy) is 2. The van der Waals surface area contributed by atoms with Crippen molar-refractivity contribution in [1.29, 1.82) is 0 Å². The van der Waals surface area contributed by atoms with E-state index in [-0.39, 0.29) is 0 Å². The van der Waals surface area contributed by atoms with Crippen molar-refractivity contribution in [2.45, 2.75) is 46.2 Å². The minimum atomic E-state index is 0.441. The Hall–Kier alpha value is -2.54. The number of allylic oxidation sites excluding steroid dienone is 1. The van der Waals surface area contributed by atoms with E-state index in [1.54, 1.807) is 25.6 Å². The van der Waals surface area contributed by atoms with Crippen LogP contribution >= 0.6 is 11.3 Å². The van der Waals surface area contributed by atoms with Crippen molar-refractivity contribution in [3.63, 3.8) is 0 Å². The second kappa shape index (κ2) is 11.5. The first-order chi connectivity index (χ1) is 14.0. The summed E-state index contributed by atoms with van der Waals surface area (Å²) in [6.07, 6.45) is 2.56. The molecule has 1 aromatic heterocycles. The van der Waals surface area contributed by atoms with Crippen molar-refractivity contribution in [3.05, 3.63) is 52.0 Å². The predicted octanol–water partition coefficient (Wildman–Crippen LogP) is 4.27. The van der Waals surface area contributed by atoms with Crippen molar-refractivity contribution >= 4 is 17.3 Å². The van der Waals surface area contributed by atoms with E-state index < -0.39 is 0 Å². The molecule has 0 aliphatic heterocycles. The largest absolute Gasteiger partial charge is 0.493 e. The first-order valence-electron chi connectivity index (χ1n) is 9.83. The highest BCUT2D eigenvalue weighted by molar-refractivity contribution is 7.09. The van der Waals surface area contributed by atoms with Gasteiger partial charge in [-0.3, -0.25) is 0 Å². The predicted molar refractivity (Wildman–Crippen MR) is 121 cm³/mol. The fourth-order valence-corrected chi connectivity index (χ4v) is 3.74. The van der Waals surface area contributed by atoms with Gasteiger partial charge in [-0.1, -0.05) is 19.9 Å². The van der Waals surface area contributed by atoms with Gasteiger partial charge in [0.25, 0.3) is 0 Å². The number of rotatable bonds is 10. The molecule has 2 N–H and O–H groups in total. The van der Waals surface area contributed by atoms with Gasteiger partial charge in [0, 0.05) is 17.5 Å². The molecule has 0 fully saturated rings. The number of benzene rings is 1. The first-order valence-corrected chi connectivity index (χ1v) is 10.7. The molecule has 1 heterocycles. The van der Waals surface area contributed by atoms with Gasteiger partial charge >= 0.3 is 0 Å². The van der Waals surface area contributed by atoms with Crippen LogP contribution in [-0.4, -0.2) is 31.7 Å². The Balaban J connectivity index is 2.13. The van der Waals surface area contributed by atoms with Gasteiger partial charge in [-0.25, -0.2) is 9.98 Å². The Morgan fingerprint density at radius 3 is 2.66 bits per heavy atom. The zero-order chi connectivity index (χ0) is 21.2. The maximum atomic E-state index is 5.51. The molecule has 0 spiro atoms. The smallest absolute Gasteiger partial charge is 0.191 e. The van der Waals surface area contributed by atoms with Crippen LogP contribution in [0.5, 0.6) is 11.5 Å². The minimum Gasteiger partial charge on any atom is -0.493 e. The molecule has 0 radical (unpaired) electrons. The number of nitrogens with zero attached hydrogens (tertiary/aromatic N) is 2. The average Bonchev–Trinajstić information content (AvgIpc) is 3.19. The van der Waals surface area contributed by atoms with Crippen molar-refractivity contribution in [2.24, 2.45) is 4.99 Å². The van der Waals surface area contributed by atoms with Gasteiger partial charge in [0.05, 0.1) is 33.0 Å². The average molecular weight is 417 g/mol. The zero-order valence-corrected chi connectivity index (χ0v) is 18.9. The monoisotopic (exact) mass is 416 g/mol. The lowest BCUT2D eigenvalue weighted by atomic mass is 10.1. The molecule has 0 saturated carbocycles. The quantitative estimate of drug-likeness (QED) is 0.344. The molecule has 0 atom stereocenters. The maximum absolute atomic E-state index is 5.51. The van der Waals surface area contributed by atoms with Gasteiger partial charge in [-0.05, 0) is 37.0 Å². The lowest BCUT2D eigenvalue weighted by molar-refractivity contribution is 0.352. The van der Waals surface area contributed by atoms with Crippen LogP contribution in [-0.2, 0) is 19.5 Å². The summed E-state index contributed by atoms with van der Waals surface area (Å²) in [6.45, 7) is 12.2. The van der Waals surface area contributed by atoms with Gasteiger partial charge in [0.15, 0.2) is 17.5 Å². The van der Waals surface area contributed by atoms with Gasteiger partial charge in [0.1, 0.15) is 5.01 Å². The molecule has 158 valence electrons. The number of hydrogen-bond donors (Lipinski definition) is 2. The minimum absolute atomic E-state index is 0.441. The molecule has 2 aromatic rings. The Morgan fingerprint density at radius 2 is 2.07 bits per heavy atom. The second-order valence-electron chi connectivity index (χ2n) is 6.85. The fraction of sp³-hybridized carbons (Fsp3) is 0.455. The Kier molecular flexibility index (Phi) is 8.99. The van der Waals surface area contributed by atoms with Crippen molar-refractivity contribution in [2.75, 3.05) is 20.8 Å². The van der Waals surface area contributed by atoms with Gasteiger partial charge in [-0.2, -0.15) is 0 Å². The van der Waals surface area contributed by atoms with Crippen molar-refractivity contribution in [1.82, 2.24) is 15.6 Å². The third-order valence-electron chi connectivity index (χ3n) is 4.31. The SMILES string of the molecule is C=CCc1cc(CN=C(NCC)NCc2nc(C(C)C)cs2)cc(OC)c1OC. The van der Waals surface area contributed by atoms with E-state index in [1.165, 1.54) is 0 Å². The Bertz CT molecular complexity index is 830. The number of hydrogen-bond acceptors (Lipinski definition) is 5. The molecular formula is C22H32N4O2S. The van der Waals surface area contributed by atoms with E-state index in [1.807, 2.05) is 12.1 Å². The highest BCUT2D eigenvalue weighted by Gasteiger charge is 2.12. The third kappa shape index (κ3) is 6.49. The Morgan fingerprint density at radius 1 is 1.28 bits per heavy atom. The van der Waals surface area contributed by atoms with Crippen LogP contribution in [0.2, 0.25) is 0 Å². The van der Waals surface area contributed by atoms with Gasteiger partial charge in [0.2, 0.25) is 0 Å². The van der Waals surface area contributed by atoms with E-state index >= 15 is 0 Å². The number of aromatic nitrogens is 1.